The average Bonchev–Trinajstić information content (AvgIpc) is 2.77. The van der Waals surface area contributed by atoms with Gasteiger partial charge in [0.2, 0.25) is 0 Å². The number of unbranched alkanes of at least 4 members (excludes halogenated alkanes) is 1. The molecule has 98 valence electrons. The van der Waals surface area contributed by atoms with Crippen molar-refractivity contribution in [1.82, 2.24) is 14.5 Å². The molecule has 0 atom stereocenters. The fourth-order valence-electron chi connectivity index (χ4n) is 1.89. The Balaban J connectivity index is 2.06. The van der Waals surface area contributed by atoms with Crippen molar-refractivity contribution >= 4 is 22.6 Å². The summed E-state index contributed by atoms with van der Waals surface area (Å²) < 4.78 is 7.70. The SMILES string of the molecule is CCCCOCCn1c(CCl)nc2cnccc21. The summed E-state index contributed by atoms with van der Waals surface area (Å²) >= 11 is 5.92. The van der Waals surface area contributed by atoms with Crippen LogP contribution in [0.15, 0.2) is 18.5 Å². The second-order valence-corrected chi connectivity index (χ2v) is 4.41. The summed E-state index contributed by atoms with van der Waals surface area (Å²) in [5, 5.41) is 0. The molecule has 0 radical (unpaired) electrons. The Morgan fingerprint density at radius 1 is 1.39 bits per heavy atom. The zero-order valence-corrected chi connectivity index (χ0v) is 11.4. The summed E-state index contributed by atoms with van der Waals surface area (Å²) in [5.74, 6) is 1.28. The van der Waals surface area contributed by atoms with Gasteiger partial charge in [-0.1, -0.05) is 13.3 Å². The quantitative estimate of drug-likeness (QED) is 0.572. The van der Waals surface area contributed by atoms with E-state index in [1.807, 2.05) is 6.07 Å². The monoisotopic (exact) mass is 267 g/mol. The summed E-state index contributed by atoms with van der Waals surface area (Å²) in [6.45, 7) is 4.45. The van der Waals surface area contributed by atoms with Gasteiger partial charge < -0.3 is 9.30 Å². The molecular weight excluding hydrogens is 250 g/mol. The Hall–Kier alpha value is -1.13. The molecule has 4 nitrogen and oxygen atoms in total. The highest BCUT2D eigenvalue weighted by molar-refractivity contribution is 6.16. The number of halogens is 1. The minimum atomic E-state index is 0.406. The zero-order valence-electron chi connectivity index (χ0n) is 10.6. The highest BCUT2D eigenvalue weighted by Crippen LogP contribution is 2.16. The number of nitrogens with zero attached hydrogens (tertiary/aromatic N) is 3. The van der Waals surface area contributed by atoms with E-state index >= 15 is 0 Å². The van der Waals surface area contributed by atoms with Crippen LogP contribution in [0.25, 0.3) is 11.0 Å². The number of aromatic nitrogens is 3. The van der Waals surface area contributed by atoms with E-state index in [0.717, 1.165) is 42.9 Å². The van der Waals surface area contributed by atoms with Gasteiger partial charge in [-0.15, -0.1) is 11.6 Å². The fourth-order valence-corrected chi connectivity index (χ4v) is 2.09. The van der Waals surface area contributed by atoms with Crippen molar-refractivity contribution in [2.45, 2.75) is 32.2 Å². The maximum absolute atomic E-state index is 5.92. The van der Waals surface area contributed by atoms with Crippen LogP contribution >= 0.6 is 11.6 Å². The van der Waals surface area contributed by atoms with E-state index in [2.05, 4.69) is 21.5 Å². The number of hydrogen-bond donors (Lipinski definition) is 0. The normalized spacial score (nSPS) is 11.2. The molecule has 0 aliphatic carbocycles. The number of alkyl halides is 1. The van der Waals surface area contributed by atoms with Gasteiger partial charge >= 0.3 is 0 Å². The van der Waals surface area contributed by atoms with E-state index in [4.69, 9.17) is 16.3 Å². The van der Waals surface area contributed by atoms with Crippen molar-refractivity contribution in [3.05, 3.63) is 24.3 Å². The molecule has 0 fully saturated rings. The van der Waals surface area contributed by atoms with Crippen molar-refractivity contribution in [2.75, 3.05) is 13.2 Å². The topological polar surface area (TPSA) is 39.9 Å². The number of imidazole rings is 1. The summed E-state index contributed by atoms with van der Waals surface area (Å²) in [7, 11) is 0. The number of pyridine rings is 1. The lowest BCUT2D eigenvalue weighted by atomic mass is 10.4. The summed E-state index contributed by atoms with van der Waals surface area (Å²) in [6, 6.07) is 1.96. The van der Waals surface area contributed by atoms with Gasteiger partial charge in [0.25, 0.3) is 0 Å². The summed E-state index contributed by atoms with van der Waals surface area (Å²) in [5.41, 5.74) is 1.96. The number of ether oxygens (including phenoxy) is 1. The first-order valence-corrected chi connectivity index (χ1v) is 6.83. The minimum absolute atomic E-state index is 0.406. The molecule has 2 aromatic heterocycles. The van der Waals surface area contributed by atoms with Gasteiger partial charge in [0.1, 0.15) is 11.3 Å². The number of rotatable bonds is 7. The highest BCUT2D eigenvalue weighted by Gasteiger charge is 2.09. The zero-order chi connectivity index (χ0) is 12.8. The second-order valence-electron chi connectivity index (χ2n) is 4.14. The first-order chi connectivity index (χ1) is 8.86. The van der Waals surface area contributed by atoms with E-state index in [-0.39, 0.29) is 0 Å². The molecule has 18 heavy (non-hydrogen) atoms. The number of hydrogen-bond acceptors (Lipinski definition) is 3. The third-order valence-corrected chi connectivity index (χ3v) is 3.09. The highest BCUT2D eigenvalue weighted by atomic mass is 35.5. The van der Waals surface area contributed by atoms with Crippen molar-refractivity contribution in [1.29, 1.82) is 0 Å². The average molecular weight is 268 g/mol. The second kappa shape index (κ2) is 6.71. The van der Waals surface area contributed by atoms with E-state index in [9.17, 15) is 0 Å². The molecule has 0 unspecified atom stereocenters. The maximum Gasteiger partial charge on any atom is 0.124 e. The van der Waals surface area contributed by atoms with Crippen LogP contribution in [0, 0.1) is 0 Å². The molecule has 0 bridgehead atoms. The molecule has 2 rings (SSSR count). The van der Waals surface area contributed by atoms with Crippen LogP contribution in [0.4, 0.5) is 0 Å². The third-order valence-electron chi connectivity index (χ3n) is 2.85. The van der Waals surface area contributed by atoms with Crippen molar-refractivity contribution < 1.29 is 4.74 Å². The van der Waals surface area contributed by atoms with Crippen molar-refractivity contribution in [2.24, 2.45) is 0 Å². The lowest BCUT2D eigenvalue weighted by molar-refractivity contribution is 0.124. The third kappa shape index (κ3) is 3.00. The van der Waals surface area contributed by atoms with Crippen LogP contribution in [0.3, 0.4) is 0 Å². The Morgan fingerprint density at radius 3 is 3.06 bits per heavy atom. The molecular formula is C13H18ClN3O. The van der Waals surface area contributed by atoms with Crippen LogP contribution < -0.4 is 0 Å². The Morgan fingerprint density at radius 2 is 2.28 bits per heavy atom. The van der Waals surface area contributed by atoms with Crippen molar-refractivity contribution in [3.8, 4) is 0 Å². The van der Waals surface area contributed by atoms with E-state index < -0.39 is 0 Å². The molecule has 2 aromatic rings. The largest absolute Gasteiger partial charge is 0.380 e. The van der Waals surface area contributed by atoms with Gasteiger partial charge in [-0.2, -0.15) is 0 Å². The van der Waals surface area contributed by atoms with Crippen LogP contribution in [-0.4, -0.2) is 27.7 Å². The minimum Gasteiger partial charge on any atom is -0.380 e. The summed E-state index contributed by atoms with van der Waals surface area (Å²) in [6.07, 6.45) is 5.81. The Kier molecular flexibility index (Phi) is 4.96. The maximum atomic E-state index is 5.92. The van der Waals surface area contributed by atoms with Crippen LogP contribution in [0.1, 0.15) is 25.6 Å². The first-order valence-electron chi connectivity index (χ1n) is 6.29. The van der Waals surface area contributed by atoms with Gasteiger partial charge in [-0.3, -0.25) is 4.98 Å². The molecule has 0 saturated carbocycles. The van der Waals surface area contributed by atoms with Crippen molar-refractivity contribution in [3.63, 3.8) is 0 Å². The molecule has 0 aromatic carbocycles. The van der Waals surface area contributed by atoms with E-state index in [1.165, 1.54) is 0 Å². The molecule has 5 heteroatoms. The molecule has 0 N–H and O–H groups in total. The van der Waals surface area contributed by atoms with Gasteiger partial charge in [0.15, 0.2) is 0 Å². The van der Waals surface area contributed by atoms with Crippen LogP contribution in [-0.2, 0) is 17.2 Å². The molecule has 0 saturated heterocycles. The predicted molar refractivity (Wildman–Crippen MR) is 72.8 cm³/mol. The Labute approximate surface area is 112 Å². The van der Waals surface area contributed by atoms with Crippen LogP contribution in [0.5, 0.6) is 0 Å². The van der Waals surface area contributed by atoms with E-state index in [0.29, 0.717) is 12.5 Å². The van der Waals surface area contributed by atoms with Gasteiger partial charge in [0, 0.05) is 19.3 Å². The fraction of sp³-hybridized carbons (Fsp3) is 0.538. The number of fused-ring (bicyclic) bond motifs is 1. The molecule has 0 amide bonds. The van der Waals surface area contributed by atoms with Gasteiger partial charge in [-0.25, -0.2) is 4.98 Å². The van der Waals surface area contributed by atoms with Gasteiger partial charge in [-0.05, 0) is 12.5 Å². The predicted octanol–water partition coefficient (Wildman–Crippen LogP) is 2.99. The smallest absolute Gasteiger partial charge is 0.124 e. The van der Waals surface area contributed by atoms with Gasteiger partial charge in [0.05, 0.1) is 24.2 Å². The summed E-state index contributed by atoms with van der Waals surface area (Å²) in [4.78, 5) is 8.53. The molecule has 0 spiro atoms. The standard InChI is InChI=1S/C13H18ClN3O/c1-2-3-7-18-8-6-17-12-4-5-15-10-11(12)16-13(17)9-14/h4-5,10H,2-3,6-9H2,1H3. The lowest BCUT2D eigenvalue weighted by Gasteiger charge is -2.08. The lowest BCUT2D eigenvalue weighted by Crippen LogP contribution is -2.09. The molecule has 0 aliphatic heterocycles. The molecule has 2 heterocycles. The van der Waals surface area contributed by atoms with Crippen LogP contribution in [0.2, 0.25) is 0 Å². The molecule has 0 aliphatic rings. The Bertz CT molecular complexity index is 498. The first kappa shape index (κ1) is 13.3. The van der Waals surface area contributed by atoms with E-state index in [1.54, 1.807) is 12.4 Å².